The number of nitrogens with two attached hydrogens (primary N) is 1. The smallest absolute Gasteiger partial charge is 0.412 e. The third kappa shape index (κ3) is 8.16. The lowest BCUT2D eigenvalue weighted by atomic mass is 10.0. The number of amides is 2. The van der Waals surface area contributed by atoms with Crippen LogP contribution in [0.1, 0.15) is 19.0 Å². The van der Waals surface area contributed by atoms with Gasteiger partial charge >= 0.3 is 12.3 Å². The summed E-state index contributed by atoms with van der Waals surface area (Å²) in [6.07, 6.45) is -1.70. The first-order valence-corrected chi connectivity index (χ1v) is 13.1. The Morgan fingerprint density at radius 1 is 1.07 bits per heavy atom. The van der Waals surface area contributed by atoms with Crippen molar-refractivity contribution in [3.05, 3.63) is 67.0 Å². The Morgan fingerprint density at radius 3 is 2.40 bits per heavy atom. The van der Waals surface area contributed by atoms with E-state index in [2.05, 4.69) is 32.2 Å². The molecule has 4 rings (SSSR count). The number of rotatable bonds is 9. The van der Waals surface area contributed by atoms with Crippen LogP contribution in [0.3, 0.4) is 0 Å². The Labute approximate surface area is 240 Å². The van der Waals surface area contributed by atoms with E-state index < -0.39 is 24.6 Å². The van der Waals surface area contributed by atoms with Gasteiger partial charge in [0.25, 0.3) is 0 Å². The number of carbonyl (C=O) groups is 2. The summed E-state index contributed by atoms with van der Waals surface area (Å²) in [6.45, 7) is 7.57. The molecule has 1 fully saturated rings. The van der Waals surface area contributed by atoms with Crippen molar-refractivity contribution >= 4 is 23.4 Å². The predicted molar refractivity (Wildman–Crippen MR) is 151 cm³/mol. The summed E-state index contributed by atoms with van der Waals surface area (Å²) in [5.74, 6) is -0.346. The highest BCUT2D eigenvalue weighted by molar-refractivity contribution is 5.90. The van der Waals surface area contributed by atoms with Gasteiger partial charge in [-0.05, 0) is 36.8 Å². The van der Waals surface area contributed by atoms with E-state index in [-0.39, 0.29) is 25.5 Å². The third-order valence-corrected chi connectivity index (χ3v) is 6.40. The van der Waals surface area contributed by atoms with Crippen molar-refractivity contribution in [3.8, 4) is 22.5 Å². The van der Waals surface area contributed by atoms with Crippen LogP contribution in [0.15, 0.2) is 61.3 Å². The first-order chi connectivity index (χ1) is 20.0. The number of ether oxygens (including phenoxy) is 1. The van der Waals surface area contributed by atoms with Gasteiger partial charge in [0.15, 0.2) is 5.82 Å². The first kappa shape index (κ1) is 30.2. The maximum absolute atomic E-state index is 12.5. The Hall–Kier alpha value is -4.72. The van der Waals surface area contributed by atoms with Crippen LogP contribution in [-0.4, -0.2) is 75.7 Å². The number of halogens is 3. The fraction of sp³-hybridized carbons (Fsp3) is 0.321. The summed E-state index contributed by atoms with van der Waals surface area (Å²) in [5, 5.41) is 5.50. The second-order valence-corrected chi connectivity index (χ2v) is 9.50. The average molecular weight is 585 g/mol. The number of pyridine rings is 1. The number of benzene rings is 1. The molecular formula is C28H31F3N8O3. The third-order valence-electron chi connectivity index (χ3n) is 6.40. The molecule has 42 heavy (non-hydrogen) atoms. The minimum atomic E-state index is -4.51. The van der Waals surface area contributed by atoms with Crippen LogP contribution >= 0.6 is 0 Å². The maximum atomic E-state index is 12.5. The molecule has 0 saturated carbocycles. The van der Waals surface area contributed by atoms with Crippen molar-refractivity contribution in [2.24, 2.45) is 0 Å². The molecule has 2 aromatic heterocycles. The fourth-order valence-electron chi connectivity index (χ4n) is 4.41. The number of piperazine rings is 1. The number of nitrogens with one attached hydrogen (secondary N) is 2. The Kier molecular flexibility index (Phi) is 9.57. The van der Waals surface area contributed by atoms with Gasteiger partial charge in [-0.15, -0.1) is 0 Å². The van der Waals surface area contributed by atoms with E-state index in [1.54, 1.807) is 37.6 Å². The summed E-state index contributed by atoms with van der Waals surface area (Å²) < 4.78 is 42.5. The van der Waals surface area contributed by atoms with Gasteiger partial charge in [-0.3, -0.25) is 20.0 Å². The first-order valence-electron chi connectivity index (χ1n) is 13.1. The number of alkyl halides is 3. The number of hydrogen-bond acceptors (Lipinski definition) is 9. The minimum Gasteiger partial charge on any atom is -0.450 e. The monoisotopic (exact) mass is 584 g/mol. The summed E-state index contributed by atoms with van der Waals surface area (Å²) >= 11 is 0. The summed E-state index contributed by atoms with van der Waals surface area (Å²) in [7, 11) is 0. The second kappa shape index (κ2) is 13.3. The molecule has 0 atom stereocenters. The van der Waals surface area contributed by atoms with Crippen molar-refractivity contribution in [2.75, 3.05) is 43.8 Å². The molecule has 1 aliphatic heterocycles. The number of anilines is 2. The van der Waals surface area contributed by atoms with Crippen LogP contribution in [0.2, 0.25) is 0 Å². The molecule has 4 N–H and O–H groups in total. The van der Waals surface area contributed by atoms with Gasteiger partial charge in [-0.2, -0.15) is 13.2 Å². The number of nitrogens with zero attached hydrogens (tertiary/aromatic N) is 5. The molecular weight excluding hydrogens is 553 g/mol. The van der Waals surface area contributed by atoms with E-state index in [0.29, 0.717) is 42.4 Å². The Bertz CT molecular complexity index is 1410. The molecule has 0 bridgehead atoms. The largest absolute Gasteiger partial charge is 0.450 e. The van der Waals surface area contributed by atoms with E-state index in [1.807, 2.05) is 23.1 Å². The van der Waals surface area contributed by atoms with E-state index in [9.17, 15) is 22.8 Å². The van der Waals surface area contributed by atoms with Crippen molar-refractivity contribution in [1.82, 2.24) is 30.1 Å². The highest BCUT2D eigenvalue weighted by Crippen LogP contribution is 2.36. The Balaban J connectivity index is 1.47. The quantitative estimate of drug-likeness (QED) is 0.319. The van der Waals surface area contributed by atoms with Crippen molar-refractivity contribution in [1.29, 1.82) is 0 Å². The normalized spacial score (nSPS) is 13.9. The SMILES string of the molecule is C=C(NC(=O)OCC)Nc1c(N)cc(-c2ccc(CN3CCN(C(=O)CC(F)(F)F)CC3)nc2)cc1-c1ncccn1. The highest BCUT2D eigenvalue weighted by atomic mass is 19.4. The number of hydrogen-bond donors (Lipinski definition) is 3. The van der Waals surface area contributed by atoms with Crippen LogP contribution in [0.5, 0.6) is 0 Å². The zero-order valence-electron chi connectivity index (χ0n) is 22.9. The van der Waals surface area contributed by atoms with Crippen LogP contribution in [0.25, 0.3) is 22.5 Å². The summed E-state index contributed by atoms with van der Waals surface area (Å²) in [6, 6.07) is 9.04. The molecule has 222 valence electrons. The molecule has 14 heteroatoms. The molecule has 3 heterocycles. The van der Waals surface area contributed by atoms with Crippen molar-refractivity contribution in [2.45, 2.75) is 26.1 Å². The molecule has 1 aromatic carbocycles. The second-order valence-electron chi connectivity index (χ2n) is 9.50. The molecule has 3 aromatic rings. The van der Waals surface area contributed by atoms with Gasteiger partial charge < -0.3 is 20.7 Å². The maximum Gasteiger partial charge on any atom is 0.412 e. The van der Waals surface area contributed by atoms with Crippen molar-refractivity contribution in [3.63, 3.8) is 0 Å². The fourth-order valence-corrected chi connectivity index (χ4v) is 4.41. The van der Waals surface area contributed by atoms with Crippen LogP contribution in [0.4, 0.5) is 29.3 Å². The van der Waals surface area contributed by atoms with Gasteiger partial charge in [0.05, 0.1) is 23.7 Å². The van der Waals surface area contributed by atoms with Crippen LogP contribution < -0.4 is 16.4 Å². The number of aromatic nitrogens is 3. The zero-order chi connectivity index (χ0) is 30.3. The topological polar surface area (TPSA) is 139 Å². The van der Waals surface area contributed by atoms with Crippen LogP contribution in [0, 0.1) is 0 Å². The average Bonchev–Trinajstić information content (AvgIpc) is 2.94. The van der Waals surface area contributed by atoms with Gasteiger partial charge in [0, 0.05) is 62.4 Å². The Morgan fingerprint density at radius 2 is 1.79 bits per heavy atom. The number of carbonyl (C=O) groups excluding carboxylic acids is 2. The lowest BCUT2D eigenvalue weighted by Crippen LogP contribution is -2.49. The summed E-state index contributed by atoms with van der Waals surface area (Å²) in [4.78, 5) is 40.2. The van der Waals surface area contributed by atoms with Crippen molar-refractivity contribution < 1.29 is 27.5 Å². The lowest BCUT2D eigenvalue weighted by molar-refractivity contribution is -0.162. The molecule has 11 nitrogen and oxygen atoms in total. The number of alkyl carbamates (subject to hydrolysis) is 1. The van der Waals surface area contributed by atoms with Gasteiger partial charge in [0.1, 0.15) is 12.2 Å². The van der Waals surface area contributed by atoms with E-state index in [4.69, 9.17) is 10.5 Å². The molecule has 0 unspecified atom stereocenters. The van der Waals surface area contributed by atoms with E-state index in [1.165, 1.54) is 4.90 Å². The van der Waals surface area contributed by atoms with Gasteiger partial charge in [-0.25, -0.2) is 14.8 Å². The minimum absolute atomic E-state index is 0.154. The zero-order valence-corrected chi connectivity index (χ0v) is 22.9. The molecule has 0 spiro atoms. The van der Waals surface area contributed by atoms with E-state index in [0.717, 1.165) is 16.8 Å². The highest BCUT2D eigenvalue weighted by Gasteiger charge is 2.34. The lowest BCUT2D eigenvalue weighted by Gasteiger charge is -2.34. The molecule has 1 aliphatic rings. The van der Waals surface area contributed by atoms with E-state index >= 15 is 0 Å². The summed E-state index contributed by atoms with van der Waals surface area (Å²) in [5.41, 5.74) is 10.1. The van der Waals surface area contributed by atoms with Gasteiger partial charge in [0.2, 0.25) is 5.91 Å². The molecule has 2 amide bonds. The predicted octanol–water partition coefficient (Wildman–Crippen LogP) is 4.01. The standard InChI is InChI=1S/C28H31F3N8O3/c1-3-42-27(41)37-18(2)36-25-22(26-33-7-4-8-34-26)13-20(14-23(25)32)19-5-6-21(35-16-19)17-38-9-11-39(12-10-38)24(40)15-28(29,30)31/h4-8,13-14,16,36H,2-3,9-12,15,17,32H2,1H3,(H,37,41). The van der Waals surface area contributed by atoms with Crippen LogP contribution in [-0.2, 0) is 16.1 Å². The molecule has 1 saturated heterocycles. The molecule has 0 aliphatic carbocycles. The number of nitrogen functional groups attached to an aromatic ring is 1. The molecule has 0 radical (unpaired) electrons. The van der Waals surface area contributed by atoms with Gasteiger partial charge in [-0.1, -0.05) is 12.6 Å².